The first-order valence-corrected chi connectivity index (χ1v) is 4.58. The number of aromatic hydroxyl groups is 1. The highest BCUT2D eigenvalue weighted by molar-refractivity contribution is 5.91. The number of nitrogens with one attached hydrogen (secondary N) is 1. The molecule has 82 valence electrons. The molecule has 5 nitrogen and oxygen atoms in total. The van der Waals surface area contributed by atoms with Crippen molar-refractivity contribution in [3.8, 4) is 5.88 Å². The Labute approximate surface area is 86.7 Å². The number of ether oxygens (including phenoxy) is 1. The Bertz CT molecular complexity index is 447. The molecule has 0 aliphatic carbocycles. The first kappa shape index (κ1) is 11.3. The third-order valence-corrected chi connectivity index (χ3v) is 2.15. The van der Waals surface area contributed by atoms with Gasteiger partial charge in [-0.15, -0.1) is 0 Å². The molecule has 0 spiro atoms. The van der Waals surface area contributed by atoms with E-state index in [-0.39, 0.29) is 12.2 Å². The zero-order chi connectivity index (χ0) is 11.6. The van der Waals surface area contributed by atoms with Gasteiger partial charge in [0.15, 0.2) is 5.56 Å². The van der Waals surface area contributed by atoms with E-state index < -0.39 is 17.3 Å². The maximum atomic E-state index is 11.6. The van der Waals surface area contributed by atoms with Crippen LogP contribution in [0.25, 0.3) is 0 Å². The first-order valence-electron chi connectivity index (χ1n) is 4.58. The van der Waals surface area contributed by atoms with Crippen LogP contribution in [-0.2, 0) is 4.74 Å². The predicted octanol–water partition coefficient (Wildman–Crippen LogP) is 0.874. The van der Waals surface area contributed by atoms with Gasteiger partial charge in [0.05, 0.1) is 6.61 Å². The van der Waals surface area contributed by atoms with Crippen LogP contribution in [0.2, 0.25) is 0 Å². The van der Waals surface area contributed by atoms with Crippen LogP contribution in [0.3, 0.4) is 0 Å². The highest BCUT2D eigenvalue weighted by atomic mass is 16.5. The van der Waals surface area contributed by atoms with Crippen LogP contribution in [0, 0.1) is 13.8 Å². The largest absolute Gasteiger partial charge is 0.494 e. The summed E-state index contributed by atoms with van der Waals surface area (Å²) in [5.74, 6) is -1.25. The minimum Gasteiger partial charge on any atom is -0.494 e. The fraction of sp³-hybridized carbons (Fsp3) is 0.400. The molecule has 0 bridgehead atoms. The number of carbonyl (C=O) groups is 1. The number of pyridine rings is 1. The summed E-state index contributed by atoms with van der Waals surface area (Å²) in [5, 5.41) is 9.44. The second-order valence-electron chi connectivity index (χ2n) is 3.15. The molecule has 0 aromatic carbocycles. The standard InChI is InChI=1S/C10H13NO4/c1-4-15-10(14)7-8(12)5(2)6(3)11-9(7)13/h4H2,1-3H3,(H2,11,12,13). The van der Waals surface area contributed by atoms with E-state index in [0.29, 0.717) is 11.3 Å². The zero-order valence-corrected chi connectivity index (χ0v) is 8.88. The van der Waals surface area contributed by atoms with Crippen molar-refractivity contribution >= 4 is 5.97 Å². The molecular formula is C10H13NO4. The number of carbonyl (C=O) groups excluding carboxylic acids is 1. The smallest absolute Gasteiger partial charge is 0.347 e. The van der Waals surface area contributed by atoms with E-state index in [4.69, 9.17) is 0 Å². The lowest BCUT2D eigenvalue weighted by molar-refractivity contribution is 0.0520. The van der Waals surface area contributed by atoms with Crippen LogP contribution in [0.1, 0.15) is 28.5 Å². The van der Waals surface area contributed by atoms with Gasteiger partial charge in [0, 0.05) is 11.3 Å². The number of esters is 1. The van der Waals surface area contributed by atoms with Crippen molar-refractivity contribution in [3.63, 3.8) is 0 Å². The third kappa shape index (κ3) is 2.01. The molecule has 0 saturated heterocycles. The zero-order valence-electron chi connectivity index (χ0n) is 8.88. The Hall–Kier alpha value is -1.78. The molecule has 0 aliphatic rings. The number of aryl methyl sites for hydroxylation is 1. The highest BCUT2D eigenvalue weighted by Gasteiger charge is 2.19. The molecule has 0 unspecified atom stereocenters. The summed E-state index contributed by atoms with van der Waals surface area (Å²) in [6.45, 7) is 5.01. The summed E-state index contributed by atoms with van der Waals surface area (Å²) in [4.78, 5) is 25.5. The van der Waals surface area contributed by atoms with Crippen molar-refractivity contribution in [2.24, 2.45) is 0 Å². The maximum absolute atomic E-state index is 11.6. The van der Waals surface area contributed by atoms with Gasteiger partial charge >= 0.3 is 5.97 Å². The molecule has 0 saturated carbocycles. The lowest BCUT2D eigenvalue weighted by Crippen LogP contribution is -2.21. The second-order valence-corrected chi connectivity index (χ2v) is 3.15. The minimum absolute atomic E-state index is 0.157. The number of rotatable bonds is 2. The molecule has 15 heavy (non-hydrogen) atoms. The number of aromatic nitrogens is 1. The van der Waals surface area contributed by atoms with Gasteiger partial charge in [-0.3, -0.25) is 4.79 Å². The van der Waals surface area contributed by atoms with E-state index in [2.05, 4.69) is 9.72 Å². The van der Waals surface area contributed by atoms with Gasteiger partial charge in [-0.25, -0.2) is 4.79 Å². The molecule has 1 heterocycles. The summed E-state index contributed by atoms with van der Waals surface area (Å²) in [6, 6.07) is 0. The summed E-state index contributed by atoms with van der Waals surface area (Å²) in [6.07, 6.45) is 0. The summed E-state index contributed by atoms with van der Waals surface area (Å²) in [7, 11) is 0. The average Bonchev–Trinajstić information content (AvgIpc) is 2.15. The lowest BCUT2D eigenvalue weighted by atomic mass is 10.1. The van der Waals surface area contributed by atoms with Crippen LogP contribution in [0.4, 0.5) is 0 Å². The van der Waals surface area contributed by atoms with Crippen molar-refractivity contribution < 1.29 is 14.6 Å². The van der Waals surface area contributed by atoms with Crippen LogP contribution in [0.15, 0.2) is 4.79 Å². The van der Waals surface area contributed by atoms with Gasteiger partial charge in [0.1, 0.15) is 0 Å². The van der Waals surface area contributed by atoms with E-state index >= 15 is 0 Å². The number of aromatic amines is 1. The molecule has 0 aliphatic heterocycles. The molecule has 5 heteroatoms. The Morgan fingerprint density at radius 2 is 2.07 bits per heavy atom. The van der Waals surface area contributed by atoms with Gasteiger partial charge in [-0.05, 0) is 20.8 Å². The third-order valence-electron chi connectivity index (χ3n) is 2.15. The number of hydrogen-bond donors (Lipinski definition) is 2. The summed E-state index contributed by atoms with van der Waals surface area (Å²) in [5.41, 5.74) is 0.101. The molecule has 1 rings (SSSR count). The average molecular weight is 211 g/mol. The van der Waals surface area contributed by atoms with Crippen LogP contribution >= 0.6 is 0 Å². The van der Waals surface area contributed by atoms with Crippen LogP contribution in [-0.4, -0.2) is 22.7 Å². The Morgan fingerprint density at radius 3 is 2.60 bits per heavy atom. The monoisotopic (exact) mass is 211 g/mol. The summed E-state index contributed by atoms with van der Waals surface area (Å²) < 4.78 is 4.67. The van der Waals surface area contributed by atoms with Gasteiger partial charge in [0.25, 0.3) is 0 Å². The molecule has 0 radical (unpaired) electrons. The first-order chi connectivity index (χ1) is 6.99. The minimum atomic E-state index is -0.806. The van der Waals surface area contributed by atoms with Gasteiger partial charge < -0.3 is 14.8 Å². The normalized spacial score (nSPS) is 10.1. The van der Waals surface area contributed by atoms with E-state index in [1.54, 1.807) is 20.8 Å². The quantitative estimate of drug-likeness (QED) is 0.711. The fourth-order valence-corrected chi connectivity index (χ4v) is 1.19. The SMILES string of the molecule is CCOC(=O)c1c(O)[nH]c(C)c(C)c1=O. The highest BCUT2D eigenvalue weighted by Crippen LogP contribution is 2.13. The summed E-state index contributed by atoms with van der Waals surface area (Å²) >= 11 is 0. The molecule has 0 fully saturated rings. The Kier molecular flexibility index (Phi) is 3.14. The fourth-order valence-electron chi connectivity index (χ4n) is 1.19. The van der Waals surface area contributed by atoms with Gasteiger partial charge in [-0.1, -0.05) is 0 Å². The molecular weight excluding hydrogens is 198 g/mol. The molecule has 1 aromatic heterocycles. The molecule has 0 atom stereocenters. The van der Waals surface area contributed by atoms with Crippen molar-refractivity contribution in [2.75, 3.05) is 6.61 Å². The van der Waals surface area contributed by atoms with E-state index in [9.17, 15) is 14.7 Å². The van der Waals surface area contributed by atoms with E-state index in [1.165, 1.54) is 0 Å². The van der Waals surface area contributed by atoms with Gasteiger partial charge in [0.2, 0.25) is 11.3 Å². The second kappa shape index (κ2) is 4.16. The molecule has 0 amide bonds. The van der Waals surface area contributed by atoms with Gasteiger partial charge in [-0.2, -0.15) is 0 Å². The Balaban J connectivity index is 3.36. The Morgan fingerprint density at radius 1 is 1.47 bits per heavy atom. The number of H-pyrrole nitrogens is 1. The lowest BCUT2D eigenvalue weighted by Gasteiger charge is -2.06. The predicted molar refractivity (Wildman–Crippen MR) is 54.2 cm³/mol. The maximum Gasteiger partial charge on any atom is 0.347 e. The van der Waals surface area contributed by atoms with Crippen molar-refractivity contribution in [3.05, 3.63) is 27.0 Å². The van der Waals surface area contributed by atoms with Crippen molar-refractivity contribution in [2.45, 2.75) is 20.8 Å². The molecule has 2 N–H and O–H groups in total. The van der Waals surface area contributed by atoms with E-state index in [1.807, 2.05) is 0 Å². The van der Waals surface area contributed by atoms with Crippen LogP contribution < -0.4 is 5.43 Å². The van der Waals surface area contributed by atoms with Crippen molar-refractivity contribution in [1.29, 1.82) is 0 Å². The topological polar surface area (TPSA) is 79.4 Å². The number of hydrogen-bond acceptors (Lipinski definition) is 4. The molecule has 1 aromatic rings. The van der Waals surface area contributed by atoms with Crippen LogP contribution in [0.5, 0.6) is 5.88 Å². The van der Waals surface area contributed by atoms with E-state index in [0.717, 1.165) is 0 Å². The van der Waals surface area contributed by atoms with Crippen molar-refractivity contribution in [1.82, 2.24) is 4.98 Å².